The molecule has 0 aliphatic heterocycles. The van der Waals surface area contributed by atoms with Gasteiger partial charge in [0.05, 0.1) is 0 Å². The standard InChI is InChI=1S/C2H5NO.C2H4O.3C2H6/c1-3-2-4;1-2-3;3*1-2/h2H,1H3,(H,3,4);2H,1H3;3*1-2H3. The van der Waals surface area contributed by atoms with Gasteiger partial charge in [-0.1, -0.05) is 41.5 Å². The first kappa shape index (κ1) is 29.6. The molecular weight excluding hydrogens is 166 g/mol. The molecule has 0 rings (SSSR count). The molecule has 1 amide bonds. The van der Waals surface area contributed by atoms with Gasteiger partial charge in [0.15, 0.2) is 0 Å². The van der Waals surface area contributed by atoms with Crippen molar-refractivity contribution < 1.29 is 9.59 Å². The van der Waals surface area contributed by atoms with Crippen LogP contribution >= 0.6 is 0 Å². The van der Waals surface area contributed by atoms with Gasteiger partial charge < -0.3 is 10.1 Å². The summed E-state index contributed by atoms with van der Waals surface area (Å²) in [4.78, 5) is 17.9. The number of amides is 1. The minimum absolute atomic E-state index is 0.625. The number of hydrogen-bond acceptors (Lipinski definition) is 2. The van der Waals surface area contributed by atoms with Gasteiger partial charge in [0, 0.05) is 7.05 Å². The van der Waals surface area contributed by atoms with Gasteiger partial charge in [0.25, 0.3) is 0 Å². The normalized spacial score (nSPS) is 4.00. The van der Waals surface area contributed by atoms with Gasteiger partial charge in [0.1, 0.15) is 6.29 Å². The number of carbonyl (C=O) groups excluding carboxylic acids is 2. The Labute approximate surface area is 83.9 Å². The lowest BCUT2D eigenvalue weighted by molar-refractivity contribution is -0.109. The highest BCUT2D eigenvalue weighted by molar-refractivity contribution is 5.44. The lowest BCUT2D eigenvalue weighted by Crippen LogP contribution is -1.98. The predicted molar refractivity (Wildman–Crippen MR) is 60.9 cm³/mol. The second-order valence-corrected chi connectivity index (χ2v) is 0.642. The van der Waals surface area contributed by atoms with Crippen molar-refractivity contribution in [1.82, 2.24) is 5.32 Å². The maximum absolute atomic E-state index is 9.06. The van der Waals surface area contributed by atoms with Crippen LogP contribution in [0.1, 0.15) is 48.5 Å². The molecule has 1 N–H and O–H groups in total. The molecule has 0 saturated heterocycles. The number of aldehydes is 1. The zero-order chi connectivity index (χ0) is 12.1. The Hall–Kier alpha value is -0.860. The highest BCUT2D eigenvalue weighted by Crippen LogP contribution is 1.15. The zero-order valence-corrected chi connectivity index (χ0v) is 10.5. The highest BCUT2D eigenvalue weighted by atomic mass is 16.1. The molecule has 3 heteroatoms. The monoisotopic (exact) mass is 193 g/mol. The summed E-state index contributed by atoms with van der Waals surface area (Å²) in [7, 11) is 1.56. The molecule has 0 spiro atoms. The van der Waals surface area contributed by atoms with Crippen molar-refractivity contribution in [3.63, 3.8) is 0 Å². The Kier molecular flexibility index (Phi) is 569. The van der Waals surface area contributed by atoms with Crippen LogP contribution in [0.5, 0.6) is 0 Å². The van der Waals surface area contributed by atoms with Gasteiger partial charge in [-0.3, -0.25) is 4.79 Å². The Morgan fingerprint density at radius 2 is 0.923 bits per heavy atom. The van der Waals surface area contributed by atoms with Gasteiger partial charge in [0.2, 0.25) is 6.41 Å². The molecule has 0 aromatic carbocycles. The van der Waals surface area contributed by atoms with E-state index in [1.807, 2.05) is 41.5 Å². The van der Waals surface area contributed by atoms with Gasteiger partial charge in [-0.15, -0.1) is 0 Å². The zero-order valence-electron chi connectivity index (χ0n) is 10.5. The molecule has 13 heavy (non-hydrogen) atoms. The van der Waals surface area contributed by atoms with Crippen LogP contribution in [-0.4, -0.2) is 19.7 Å². The fourth-order valence-electron chi connectivity index (χ4n) is 0. The minimum atomic E-state index is 0.625. The lowest BCUT2D eigenvalue weighted by Gasteiger charge is -1.64. The topological polar surface area (TPSA) is 46.2 Å². The summed E-state index contributed by atoms with van der Waals surface area (Å²) in [6, 6.07) is 0. The molecule has 3 nitrogen and oxygen atoms in total. The molecule has 0 fully saturated rings. The molecule has 0 aromatic rings. The highest BCUT2D eigenvalue weighted by Gasteiger charge is 1.43. The first-order valence-electron chi connectivity index (χ1n) is 4.84. The molecule has 0 aliphatic carbocycles. The van der Waals surface area contributed by atoms with Crippen molar-refractivity contribution in [2.75, 3.05) is 7.05 Å². The van der Waals surface area contributed by atoms with Crippen molar-refractivity contribution in [2.24, 2.45) is 0 Å². The van der Waals surface area contributed by atoms with Crippen molar-refractivity contribution >= 4 is 12.7 Å². The van der Waals surface area contributed by atoms with Crippen molar-refractivity contribution in [3.05, 3.63) is 0 Å². The maximum atomic E-state index is 9.06. The average molecular weight is 193 g/mol. The molecule has 0 bridgehead atoms. The molecular formula is C10H27NO2. The van der Waals surface area contributed by atoms with Gasteiger partial charge in [-0.05, 0) is 6.92 Å². The number of rotatable bonds is 1. The molecule has 0 radical (unpaired) electrons. The summed E-state index contributed by atoms with van der Waals surface area (Å²) in [6.07, 6.45) is 1.38. The van der Waals surface area contributed by atoms with E-state index in [9.17, 15) is 0 Å². The molecule has 0 atom stereocenters. The smallest absolute Gasteiger partial charge is 0.206 e. The summed E-state index contributed by atoms with van der Waals surface area (Å²) >= 11 is 0. The lowest BCUT2D eigenvalue weighted by atomic mass is 11.0. The fraction of sp³-hybridized carbons (Fsp3) is 0.800. The van der Waals surface area contributed by atoms with Crippen LogP contribution in [0.2, 0.25) is 0 Å². The van der Waals surface area contributed by atoms with Gasteiger partial charge >= 0.3 is 0 Å². The predicted octanol–water partition coefficient (Wildman–Crippen LogP) is 2.65. The molecule has 0 aliphatic rings. The van der Waals surface area contributed by atoms with E-state index in [2.05, 4.69) is 5.32 Å². The molecule has 0 heterocycles. The van der Waals surface area contributed by atoms with E-state index in [-0.39, 0.29) is 0 Å². The second-order valence-electron chi connectivity index (χ2n) is 0.642. The van der Waals surface area contributed by atoms with E-state index < -0.39 is 0 Å². The quantitative estimate of drug-likeness (QED) is 0.651. The summed E-state index contributed by atoms with van der Waals surface area (Å²) in [5, 5.41) is 2.25. The Morgan fingerprint density at radius 3 is 0.923 bits per heavy atom. The van der Waals surface area contributed by atoms with Crippen molar-refractivity contribution in [3.8, 4) is 0 Å². The van der Waals surface area contributed by atoms with E-state index in [4.69, 9.17) is 9.59 Å². The van der Waals surface area contributed by atoms with Crippen LogP contribution in [0, 0.1) is 0 Å². The third kappa shape index (κ3) is 47500. The minimum Gasteiger partial charge on any atom is -0.362 e. The number of carbonyl (C=O) groups is 2. The maximum Gasteiger partial charge on any atom is 0.206 e. The SMILES string of the molecule is CC.CC.CC.CC=O.CNC=O. The van der Waals surface area contributed by atoms with E-state index in [1.165, 1.54) is 6.92 Å². The molecule has 0 aromatic heterocycles. The van der Waals surface area contributed by atoms with E-state index in [0.29, 0.717) is 6.41 Å². The third-order valence-electron chi connectivity index (χ3n) is 0.118. The van der Waals surface area contributed by atoms with E-state index in [0.717, 1.165) is 6.29 Å². The first-order valence-corrected chi connectivity index (χ1v) is 4.84. The second kappa shape index (κ2) is 250. The van der Waals surface area contributed by atoms with Gasteiger partial charge in [-0.2, -0.15) is 0 Å². The van der Waals surface area contributed by atoms with E-state index >= 15 is 0 Å². The van der Waals surface area contributed by atoms with Crippen LogP contribution in [0.15, 0.2) is 0 Å². The Bertz CT molecular complexity index is 48.2. The summed E-state index contributed by atoms with van der Waals surface area (Å²) in [6.45, 7) is 13.4. The number of nitrogens with one attached hydrogen (secondary N) is 1. The Balaban J connectivity index is -0.0000000215. The summed E-state index contributed by atoms with van der Waals surface area (Å²) in [5.74, 6) is 0. The third-order valence-corrected chi connectivity index (χ3v) is 0.118. The Morgan fingerprint density at radius 1 is 0.846 bits per heavy atom. The molecule has 84 valence electrons. The largest absolute Gasteiger partial charge is 0.362 e. The molecule has 0 unspecified atom stereocenters. The van der Waals surface area contributed by atoms with Crippen LogP contribution < -0.4 is 5.32 Å². The van der Waals surface area contributed by atoms with E-state index in [1.54, 1.807) is 7.05 Å². The van der Waals surface area contributed by atoms with Crippen LogP contribution in [-0.2, 0) is 9.59 Å². The first-order chi connectivity index (χ1) is 6.33. The fourth-order valence-corrected chi connectivity index (χ4v) is 0. The average Bonchev–Trinajstić information content (AvgIpc) is 2.27. The number of hydrogen-bond donors (Lipinski definition) is 1. The van der Waals surface area contributed by atoms with Crippen molar-refractivity contribution in [1.29, 1.82) is 0 Å². The molecule has 0 saturated carbocycles. The summed E-state index contributed by atoms with van der Waals surface area (Å²) in [5.41, 5.74) is 0. The van der Waals surface area contributed by atoms with Crippen LogP contribution in [0.4, 0.5) is 0 Å². The summed E-state index contributed by atoms with van der Waals surface area (Å²) < 4.78 is 0. The van der Waals surface area contributed by atoms with Crippen LogP contribution in [0.3, 0.4) is 0 Å². The van der Waals surface area contributed by atoms with Gasteiger partial charge in [-0.25, -0.2) is 0 Å². The van der Waals surface area contributed by atoms with Crippen LogP contribution in [0.25, 0.3) is 0 Å². The van der Waals surface area contributed by atoms with Crippen molar-refractivity contribution in [2.45, 2.75) is 48.5 Å².